The zero-order chi connectivity index (χ0) is 20.5. The van der Waals surface area contributed by atoms with Crippen molar-refractivity contribution in [2.75, 3.05) is 7.11 Å². The monoisotopic (exact) mass is 446 g/mol. The Bertz CT molecular complexity index is 826. The number of nitrogens with one attached hydrogen (secondary N) is 2. The Morgan fingerprint density at radius 3 is 2.18 bits per heavy atom. The number of halogens is 1. The van der Waals surface area contributed by atoms with Crippen LogP contribution in [0.5, 0.6) is 0 Å². The number of hydrogen-bond donors (Lipinski definition) is 2. The topological polar surface area (TPSA) is 84.5 Å². The predicted molar refractivity (Wildman–Crippen MR) is 110 cm³/mol. The van der Waals surface area contributed by atoms with E-state index in [0.29, 0.717) is 6.42 Å². The molecule has 0 saturated heterocycles. The van der Waals surface area contributed by atoms with E-state index in [4.69, 9.17) is 4.74 Å². The number of carbonyl (C=O) groups is 3. The number of ether oxygens (including phenoxy) is 1. The summed E-state index contributed by atoms with van der Waals surface area (Å²) in [6.07, 6.45) is 0.590. The molecular formula is C21H23BrN2O4. The van der Waals surface area contributed by atoms with Crippen molar-refractivity contribution in [2.24, 2.45) is 0 Å². The maximum atomic E-state index is 12.8. The molecule has 0 bridgehead atoms. The average molecular weight is 447 g/mol. The first-order valence-corrected chi connectivity index (χ1v) is 9.62. The van der Waals surface area contributed by atoms with Gasteiger partial charge in [0, 0.05) is 24.2 Å². The molecular weight excluding hydrogens is 424 g/mol. The van der Waals surface area contributed by atoms with E-state index >= 15 is 0 Å². The molecule has 0 fully saturated rings. The van der Waals surface area contributed by atoms with Crippen molar-refractivity contribution in [1.29, 1.82) is 0 Å². The molecule has 0 spiro atoms. The summed E-state index contributed by atoms with van der Waals surface area (Å²) in [5, 5.41) is 5.37. The van der Waals surface area contributed by atoms with Gasteiger partial charge in [-0.25, -0.2) is 4.79 Å². The molecule has 148 valence electrons. The zero-order valence-electron chi connectivity index (χ0n) is 15.8. The predicted octanol–water partition coefficient (Wildman–Crippen LogP) is 2.40. The second-order valence-electron chi connectivity index (χ2n) is 6.36. The SMILES string of the molecule is COC(=O)[C@@H](Cc1cccc(Br)c1)NC(=O)[C@@H](Cc1ccccc1)NC(C)=O. The van der Waals surface area contributed by atoms with E-state index in [9.17, 15) is 14.4 Å². The van der Waals surface area contributed by atoms with Crippen molar-refractivity contribution < 1.29 is 19.1 Å². The van der Waals surface area contributed by atoms with Gasteiger partial charge in [-0.3, -0.25) is 9.59 Å². The minimum absolute atomic E-state index is 0.274. The van der Waals surface area contributed by atoms with Crippen molar-refractivity contribution in [3.63, 3.8) is 0 Å². The molecule has 0 radical (unpaired) electrons. The van der Waals surface area contributed by atoms with Gasteiger partial charge in [0.2, 0.25) is 11.8 Å². The molecule has 0 unspecified atom stereocenters. The molecule has 2 N–H and O–H groups in total. The second-order valence-corrected chi connectivity index (χ2v) is 7.28. The van der Waals surface area contributed by atoms with Crippen LogP contribution in [-0.4, -0.2) is 37.0 Å². The van der Waals surface area contributed by atoms with Crippen molar-refractivity contribution in [3.05, 3.63) is 70.2 Å². The molecule has 0 saturated carbocycles. The average Bonchev–Trinajstić information content (AvgIpc) is 2.66. The summed E-state index contributed by atoms with van der Waals surface area (Å²) in [6.45, 7) is 1.35. The highest BCUT2D eigenvalue weighted by Gasteiger charge is 2.27. The fourth-order valence-electron chi connectivity index (χ4n) is 2.81. The summed E-state index contributed by atoms with van der Waals surface area (Å²) in [5.41, 5.74) is 1.77. The number of carbonyl (C=O) groups excluding carboxylic acids is 3. The Morgan fingerprint density at radius 1 is 0.929 bits per heavy atom. The summed E-state index contributed by atoms with van der Waals surface area (Å²) in [6, 6.07) is 15.2. The Hall–Kier alpha value is -2.67. The van der Waals surface area contributed by atoms with Gasteiger partial charge in [-0.15, -0.1) is 0 Å². The van der Waals surface area contributed by atoms with E-state index < -0.39 is 24.0 Å². The molecule has 0 aliphatic heterocycles. The van der Waals surface area contributed by atoms with Crippen molar-refractivity contribution in [3.8, 4) is 0 Å². The van der Waals surface area contributed by atoms with E-state index in [1.807, 2.05) is 54.6 Å². The molecule has 0 aliphatic rings. The highest BCUT2D eigenvalue weighted by molar-refractivity contribution is 9.10. The molecule has 2 rings (SSSR count). The lowest BCUT2D eigenvalue weighted by Gasteiger charge is -2.22. The van der Waals surface area contributed by atoms with E-state index in [0.717, 1.165) is 15.6 Å². The van der Waals surface area contributed by atoms with Gasteiger partial charge in [-0.1, -0.05) is 58.4 Å². The maximum absolute atomic E-state index is 12.8. The Labute approximate surface area is 172 Å². The molecule has 2 atom stereocenters. The lowest BCUT2D eigenvalue weighted by molar-refractivity contribution is -0.145. The van der Waals surface area contributed by atoms with Gasteiger partial charge in [0.15, 0.2) is 0 Å². The Balaban J connectivity index is 2.15. The summed E-state index contributed by atoms with van der Waals surface area (Å²) in [5.74, 6) is -1.31. The van der Waals surface area contributed by atoms with Crippen LogP contribution in [0, 0.1) is 0 Å². The van der Waals surface area contributed by atoms with E-state index in [-0.39, 0.29) is 12.3 Å². The van der Waals surface area contributed by atoms with Crippen molar-refractivity contribution in [1.82, 2.24) is 10.6 Å². The molecule has 7 heteroatoms. The smallest absolute Gasteiger partial charge is 0.328 e. The lowest BCUT2D eigenvalue weighted by atomic mass is 10.0. The second kappa shape index (κ2) is 10.6. The van der Waals surface area contributed by atoms with Gasteiger partial charge in [0.05, 0.1) is 7.11 Å². The third-order valence-corrected chi connectivity index (χ3v) is 4.60. The molecule has 0 aliphatic carbocycles. The van der Waals surface area contributed by atoms with E-state index in [1.54, 1.807) is 0 Å². The highest BCUT2D eigenvalue weighted by atomic mass is 79.9. The summed E-state index contributed by atoms with van der Waals surface area (Å²) in [4.78, 5) is 36.6. The quantitative estimate of drug-likeness (QED) is 0.609. The first-order chi connectivity index (χ1) is 13.4. The van der Waals surface area contributed by atoms with Crippen LogP contribution in [0.4, 0.5) is 0 Å². The van der Waals surface area contributed by atoms with Crippen LogP contribution in [0.2, 0.25) is 0 Å². The molecule has 2 amide bonds. The highest BCUT2D eigenvalue weighted by Crippen LogP contribution is 2.14. The van der Waals surface area contributed by atoms with Gasteiger partial charge in [0.1, 0.15) is 12.1 Å². The largest absolute Gasteiger partial charge is 0.467 e. The lowest BCUT2D eigenvalue weighted by Crippen LogP contribution is -2.53. The van der Waals surface area contributed by atoms with E-state index in [1.165, 1.54) is 14.0 Å². The molecule has 6 nitrogen and oxygen atoms in total. The van der Waals surface area contributed by atoms with Gasteiger partial charge in [-0.2, -0.15) is 0 Å². The number of rotatable bonds is 8. The van der Waals surface area contributed by atoms with Crippen LogP contribution in [0.1, 0.15) is 18.1 Å². The normalized spacial score (nSPS) is 12.5. The summed E-state index contributed by atoms with van der Waals surface area (Å²) >= 11 is 3.39. The minimum atomic E-state index is -0.862. The van der Waals surface area contributed by atoms with Crippen molar-refractivity contribution in [2.45, 2.75) is 31.8 Å². The zero-order valence-corrected chi connectivity index (χ0v) is 17.4. The minimum Gasteiger partial charge on any atom is -0.467 e. The molecule has 28 heavy (non-hydrogen) atoms. The number of amides is 2. The van der Waals surface area contributed by atoms with Crippen molar-refractivity contribution >= 4 is 33.7 Å². The number of hydrogen-bond acceptors (Lipinski definition) is 4. The summed E-state index contributed by atoms with van der Waals surface area (Å²) < 4.78 is 5.72. The number of benzene rings is 2. The fourth-order valence-corrected chi connectivity index (χ4v) is 3.26. The van der Waals surface area contributed by atoms with Crippen LogP contribution >= 0.6 is 15.9 Å². The molecule has 2 aromatic carbocycles. The van der Waals surface area contributed by atoms with Gasteiger partial charge in [0.25, 0.3) is 0 Å². The van der Waals surface area contributed by atoms with Crippen LogP contribution in [-0.2, 0) is 32.0 Å². The van der Waals surface area contributed by atoms with Gasteiger partial charge in [-0.05, 0) is 23.3 Å². The number of methoxy groups -OCH3 is 1. The van der Waals surface area contributed by atoms with Crippen LogP contribution in [0.15, 0.2) is 59.1 Å². The molecule has 2 aromatic rings. The standard InChI is InChI=1S/C21H23BrN2O4/c1-14(25)23-18(12-15-7-4-3-5-8-15)20(26)24-19(21(27)28-2)13-16-9-6-10-17(22)11-16/h3-11,18-19H,12-13H2,1-2H3,(H,23,25)(H,24,26)/t18-,19-/m1/s1. The van der Waals surface area contributed by atoms with Crippen LogP contribution in [0.25, 0.3) is 0 Å². The number of esters is 1. The van der Waals surface area contributed by atoms with E-state index in [2.05, 4.69) is 26.6 Å². The summed E-state index contributed by atoms with van der Waals surface area (Å²) in [7, 11) is 1.28. The van der Waals surface area contributed by atoms with Crippen LogP contribution < -0.4 is 10.6 Å². The first-order valence-electron chi connectivity index (χ1n) is 8.82. The van der Waals surface area contributed by atoms with Gasteiger partial charge >= 0.3 is 5.97 Å². The first kappa shape index (κ1) is 21.6. The van der Waals surface area contributed by atoms with Crippen LogP contribution in [0.3, 0.4) is 0 Å². The fraction of sp³-hybridized carbons (Fsp3) is 0.286. The Kier molecular flexibility index (Phi) is 8.19. The Morgan fingerprint density at radius 2 is 1.57 bits per heavy atom. The third kappa shape index (κ3) is 6.81. The maximum Gasteiger partial charge on any atom is 0.328 e. The third-order valence-electron chi connectivity index (χ3n) is 4.11. The van der Waals surface area contributed by atoms with Gasteiger partial charge < -0.3 is 15.4 Å². The molecule has 0 heterocycles. The molecule has 0 aromatic heterocycles.